The molecule has 3 aromatic carbocycles. The molecule has 0 bridgehead atoms. The average Bonchev–Trinajstić information content (AvgIpc) is 3.50. The fourth-order valence-corrected chi connectivity index (χ4v) is 7.55. The topological polar surface area (TPSA) is 138 Å². The molecular weight excluding hydrogens is 695 g/mol. The van der Waals surface area contributed by atoms with Gasteiger partial charge in [0.15, 0.2) is 0 Å². The molecule has 2 atom stereocenters. The van der Waals surface area contributed by atoms with Crippen molar-refractivity contribution in [1.82, 2.24) is 19.4 Å². The summed E-state index contributed by atoms with van der Waals surface area (Å²) in [6, 6.07) is 5.71. The second kappa shape index (κ2) is 11.5. The Morgan fingerprint density at radius 2 is 1.40 bits per heavy atom. The van der Waals surface area contributed by atoms with Crippen LogP contribution in [0.2, 0.25) is 0 Å². The Morgan fingerprint density at radius 3 is 1.91 bits per heavy atom. The molecule has 0 radical (unpaired) electrons. The Labute approximate surface area is 259 Å². The van der Waals surface area contributed by atoms with Crippen LogP contribution >= 0.6 is 0 Å². The lowest BCUT2D eigenvalue weighted by molar-refractivity contribution is -0.143. The van der Waals surface area contributed by atoms with Crippen molar-refractivity contribution in [1.29, 1.82) is 0 Å². The number of halogens is 9. The van der Waals surface area contributed by atoms with Gasteiger partial charge in [-0.3, -0.25) is 9.52 Å². The third-order valence-corrected chi connectivity index (χ3v) is 10.3. The predicted octanol–water partition coefficient (Wildman–Crippen LogP) is 5.77. The highest BCUT2D eigenvalue weighted by Crippen LogP contribution is 2.38. The summed E-state index contributed by atoms with van der Waals surface area (Å²) >= 11 is 0. The molecule has 1 aliphatic heterocycles. The number of nitrogens with one attached hydrogen (secondary N) is 3. The number of alkyl halides is 9. The number of H-pyrrole nitrogens is 1. The molecule has 0 saturated carbocycles. The molecule has 4 aromatic rings. The van der Waals surface area contributed by atoms with E-state index in [2.05, 4.69) is 9.97 Å². The van der Waals surface area contributed by atoms with E-state index in [1.54, 1.807) is 0 Å². The molecule has 1 aromatic heterocycles. The molecule has 0 aliphatic carbocycles. The standard InChI is InChI=1S/C27H19F9N4O5S2/c28-25(29,30)15-5-6-19-20(11-15)38-24(37-19)21(7-13-1-3-14(4-2-13)22-12-23(41)40-47(22,44)45)39-46(42,43)18-9-16(26(31,32)33)8-17(10-18)27(34,35)36/h1-6,8-11,21-22,39H,7,12H2,(H,37,38)(H,40,41)/t21-,22?/m0/s1. The molecule has 20 heteroatoms. The van der Waals surface area contributed by atoms with Crippen molar-refractivity contribution >= 4 is 37.0 Å². The van der Waals surface area contributed by atoms with Crippen molar-refractivity contribution in [2.75, 3.05) is 0 Å². The Hall–Kier alpha value is -4.17. The summed E-state index contributed by atoms with van der Waals surface area (Å²) < 4.78 is 176. The molecule has 3 N–H and O–H groups in total. The summed E-state index contributed by atoms with van der Waals surface area (Å²) in [6.45, 7) is 0. The maximum absolute atomic E-state index is 13.5. The number of carbonyl (C=O) groups is 1. The minimum Gasteiger partial charge on any atom is -0.341 e. The zero-order valence-corrected chi connectivity index (χ0v) is 24.7. The van der Waals surface area contributed by atoms with Crippen LogP contribution in [-0.2, 0) is 49.8 Å². The lowest BCUT2D eigenvalue weighted by Crippen LogP contribution is -2.31. The second-order valence-electron chi connectivity index (χ2n) is 10.5. The molecule has 9 nitrogen and oxygen atoms in total. The number of carbonyl (C=O) groups excluding carboxylic acids is 1. The number of imidazole rings is 1. The largest absolute Gasteiger partial charge is 0.416 e. The summed E-state index contributed by atoms with van der Waals surface area (Å²) in [6.07, 6.45) is -16.3. The highest BCUT2D eigenvalue weighted by Gasteiger charge is 2.40. The Morgan fingerprint density at radius 1 is 0.830 bits per heavy atom. The minimum atomic E-state index is -5.37. The van der Waals surface area contributed by atoms with Crippen LogP contribution in [0, 0.1) is 0 Å². The lowest BCUT2D eigenvalue weighted by atomic mass is 10.0. The van der Waals surface area contributed by atoms with Gasteiger partial charge >= 0.3 is 18.5 Å². The first-order chi connectivity index (χ1) is 21.5. The van der Waals surface area contributed by atoms with Gasteiger partial charge in [-0.2, -0.15) is 39.5 Å². The fourth-order valence-electron chi connectivity index (χ4n) is 4.85. The number of amides is 1. The van der Waals surface area contributed by atoms with E-state index in [-0.39, 0.29) is 52.6 Å². The molecule has 1 amide bonds. The molecule has 2 heterocycles. The summed E-state index contributed by atoms with van der Waals surface area (Å²) in [5, 5.41) is -1.24. The van der Waals surface area contributed by atoms with Gasteiger partial charge < -0.3 is 4.98 Å². The summed E-state index contributed by atoms with van der Waals surface area (Å²) in [5.41, 5.74) is -4.78. The van der Waals surface area contributed by atoms with Gasteiger partial charge in [-0.1, -0.05) is 24.3 Å². The fraction of sp³-hybridized carbons (Fsp3) is 0.259. The van der Waals surface area contributed by atoms with Crippen molar-refractivity contribution in [2.45, 2.75) is 47.6 Å². The number of aromatic amines is 1. The van der Waals surface area contributed by atoms with E-state index in [0.717, 1.165) is 6.07 Å². The van der Waals surface area contributed by atoms with Crippen molar-refractivity contribution in [3.05, 3.63) is 94.3 Å². The lowest BCUT2D eigenvalue weighted by Gasteiger charge is -2.19. The summed E-state index contributed by atoms with van der Waals surface area (Å²) in [4.78, 5) is 16.8. The number of hydrogen-bond acceptors (Lipinski definition) is 6. The van der Waals surface area contributed by atoms with Gasteiger partial charge in [0.1, 0.15) is 11.1 Å². The van der Waals surface area contributed by atoms with E-state index in [1.807, 2.05) is 9.44 Å². The minimum absolute atomic E-state index is 0.00492. The third kappa shape index (κ3) is 7.38. The zero-order valence-electron chi connectivity index (χ0n) is 23.0. The first-order valence-corrected chi connectivity index (χ1v) is 16.1. The van der Waals surface area contributed by atoms with E-state index in [0.29, 0.717) is 12.1 Å². The van der Waals surface area contributed by atoms with Crippen molar-refractivity contribution in [3.63, 3.8) is 0 Å². The van der Waals surface area contributed by atoms with Gasteiger partial charge in [-0.15, -0.1) is 0 Å². The second-order valence-corrected chi connectivity index (χ2v) is 14.1. The Bertz CT molecular complexity index is 2040. The molecule has 1 unspecified atom stereocenters. The Kier molecular flexibility index (Phi) is 8.37. The summed E-state index contributed by atoms with van der Waals surface area (Å²) in [5.74, 6) is -1.08. The molecule has 1 aliphatic rings. The summed E-state index contributed by atoms with van der Waals surface area (Å²) in [7, 11) is -9.25. The number of aromatic nitrogens is 2. The van der Waals surface area contributed by atoms with E-state index >= 15 is 0 Å². The molecule has 47 heavy (non-hydrogen) atoms. The third-order valence-electron chi connectivity index (χ3n) is 7.12. The quantitative estimate of drug-likeness (QED) is 0.208. The van der Waals surface area contributed by atoms with E-state index in [9.17, 15) is 61.1 Å². The van der Waals surface area contributed by atoms with Gasteiger partial charge in [-0.05, 0) is 53.9 Å². The molecule has 0 spiro atoms. The maximum Gasteiger partial charge on any atom is 0.416 e. The maximum atomic E-state index is 13.5. The van der Waals surface area contributed by atoms with Gasteiger partial charge in [0.2, 0.25) is 26.0 Å². The smallest absolute Gasteiger partial charge is 0.341 e. The normalized spacial score (nSPS) is 18.0. The molecule has 1 fully saturated rings. The van der Waals surface area contributed by atoms with Crippen molar-refractivity contribution in [2.24, 2.45) is 0 Å². The van der Waals surface area contributed by atoms with Crippen molar-refractivity contribution < 1.29 is 61.1 Å². The van der Waals surface area contributed by atoms with Crippen molar-refractivity contribution in [3.8, 4) is 0 Å². The van der Waals surface area contributed by atoms with Gasteiger partial charge in [0.25, 0.3) is 0 Å². The predicted molar refractivity (Wildman–Crippen MR) is 145 cm³/mol. The van der Waals surface area contributed by atoms with Crippen LogP contribution in [0.25, 0.3) is 11.0 Å². The van der Waals surface area contributed by atoms with E-state index in [4.69, 9.17) is 0 Å². The highest BCUT2D eigenvalue weighted by molar-refractivity contribution is 7.90. The van der Waals surface area contributed by atoms with Crippen LogP contribution < -0.4 is 9.44 Å². The van der Waals surface area contributed by atoms with Crippen LogP contribution in [0.4, 0.5) is 39.5 Å². The SMILES string of the molecule is O=C1CC(c2ccc(C[C@H](NS(=O)(=O)c3cc(C(F)(F)F)cc(C(F)(F)F)c3)c3nc4ccc(C(F)(F)F)cc4[nH]3)cc2)S(=O)(=O)N1. The Balaban J connectivity index is 1.56. The number of rotatable bonds is 7. The number of benzene rings is 3. The average molecular weight is 715 g/mol. The van der Waals surface area contributed by atoms with Crippen LogP contribution in [0.5, 0.6) is 0 Å². The van der Waals surface area contributed by atoms with Crippen LogP contribution in [0.15, 0.2) is 65.6 Å². The number of nitrogens with zero attached hydrogens (tertiary/aromatic N) is 1. The van der Waals surface area contributed by atoms with E-state index < -0.39 is 83.8 Å². The van der Waals surface area contributed by atoms with E-state index in [1.165, 1.54) is 24.3 Å². The number of sulfonamides is 2. The zero-order chi connectivity index (χ0) is 34.7. The van der Waals surface area contributed by atoms with Crippen LogP contribution in [-0.4, -0.2) is 32.7 Å². The monoisotopic (exact) mass is 714 g/mol. The van der Waals surface area contributed by atoms with Crippen LogP contribution in [0.3, 0.4) is 0 Å². The van der Waals surface area contributed by atoms with Crippen LogP contribution in [0.1, 0.15) is 51.4 Å². The molecule has 1 saturated heterocycles. The van der Waals surface area contributed by atoms with Gasteiger partial charge in [-0.25, -0.2) is 26.5 Å². The molecular formula is C27H19F9N4O5S2. The van der Waals surface area contributed by atoms with Gasteiger partial charge in [0.05, 0.1) is 45.1 Å². The molecule has 5 rings (SSSR count). The number of fused-ring (bicyclic) bond motifs is 1. The molecule has 252 valence electrons. The number of hydrogen-bond donors (Lipinski definition) is 3. The first-order valence-electron chi connectivity index (χ1n) is 13.0. The highest BCUT2D eigenvalue weighted by atomic mass is 32.2. The first kappa shape index (κ1) is 34.2. The van der Waals surface area contributed by atoms with Gasteiger partial charge in [0, 0.05) is 0 Å².